The maximum atomic E-state index is 12.4. The molecule has 1 amide bonds. The normalized spacial score (nSPS) is 10.7. The monoisotopic (exact) mass is 418 g/mol. The Morgan fingerprint density at radius 1 is 1.24 bits per heavy atom. The molecule has 0 saturated heterocycles. The van der Waals surface area contributed by atoms with E-state index in [4.69, 9.17) is 11.6 Å². The van der Waals surface area contributed by atoms with E-state index in [1.165, 1.54) is 0 Å². The summed E-state index contributed by atoms with van der Waals surface area (Å²) in [6.07, 6.45) is 0. The van der Waals surface area contributed by atoms with Gasteiger partial charge in [0.05, 0.1) is 11.4 Å². The number of carbonyl (C=O) groups excluding carboxylic acids is 1. The number of halogens is 2. The number of rotatable bonds is 4. The molecule has 3 aromatic rings. The first-order valence-corrected chi connectivity index (χ1v) is 8.84. The quantitative estimate of drug-likeness (QED) is 0.688. The van der Waals surface area contributed by atoms with Gasteiger partial charge in [-0.25, -0.2) is 4.68 Å². The van der Waals surface area contributed by atoms with E-state index < -0.39 is 0 Å². The third-order valence-corrected chi connectivity index (χ3v) is 4.75. The van der Waals surface area contributed by atoms with Crippen molar-refractivity contribution in [1.29, 1.82) is 0 Å². The molecule has 0 fully saturated rings. The smallest absolute Gasteiger partial charge is 0.274 e. The van der Waals surface area contributed by atoms with E-state index >= 15 is 0 Å². The standard InChI is InChI=1S/C18H16BrClN4O/c1-11-6-7-15(9-16(11)20)24-12(2)17(22-23-24)18(25)21-10-13-4-3-5-14(19)8-13/h3-9H,10H2,1-2H3,(H,21,25). The summed E-state index contributed by atoms with van der Waals surface area (Å²) in [4.78, 5) is 12.4. The van der Waals surface area contributed by atoms with E-state index in [9.17, 15) is 4.79 Å². The van der Waals surface area contributed by atoms with Gasteiger partial charge in [-0.3, -0.25) is 4.79 Å². The Balaban J connectivity index is 1.78. The van der Waals surface area contributed by atoms with E-state index in [2.05, 4.69) is 31.6 Å². The van der Waals surface area contributed by atoms with Crippen molar-refractivity contribution in [2.45, 2.75) is 20.4 Å². The van der Waals surface area contributed by atoms with Gasteiger partial charge in [-0.15, -0.1) is 5.10 Å². The molecule has 25 heavy (non-hydrogen) atoms. The summed E-state index contributed by atoms with van der Waals surface area (Å²) in [6.45, 7) is 4.16. The lowest BCUT2D eigenvalue weighted by molar-refractivity contribution is 0.0945. The topological polar surface area (TPSA) is 59.8 Å². The molecule has 5 nitrogen and oxygen atoms in total. The molecule has 7 heteroatoms. The summed E-state index contributed by atoms with van der Waals surface area (Å²) in [7, 11) is 0. The van der Waals surface area contributed by atoms with Crippen molar-refractivity contribution in [1.82, 2.24) is 20.3 Å². The molecule has 1 N–H and O–H groups in total. The van der Waals surface area contributed by atoms with Crippen LogP contribution in [0.25, 0.3) is 5.69 Å². The summed E-state index contributed by atoms with van der Waals surface area (Å²) in [5.74, 6) is -0.262. The van der Waals surface area contributed by atoms with Crippen LogP contribution in [0.2, 0.25) is 5.02 Å². The molecule has 1 aromatic heterocycles. The molecular weight excluding hydrogens is 404 g/mol. The lowest BCUT2D eigenvalue weighted by Gasteiger charge is -2.07. The second kappa shape index (κ2) is 7.37. The Morgan fingerprint density at radius 2 is 2.04 bits per heavy atom. The molecule has 0 unspecified atom stereocenters. The molecule has 0 bridgehead atoms. The van der Waals surface area contributed by atoms with Crippen molar-refractivity contribution in [3.05, 3.63) is 74.5 Å². The second-order valence-corrected chi connectivity index (χ2v) is 7.00. The number of carbonyl (C=O) groups is 1. The molecule has 0 aliphatic carbocycles. The lowest BCUT2D eigenvalue weighted by atomic mass is 10.2. The average Bonchev–Trinajstić information content (AvgIpc) is 2.97. The van der Waals surface area contributed by atoms with Crippen LogP contribution in [0, 0.1) is 13.8 Å². The Hall–Kier alpha value is -2.18. The lowest BCUT2D eigenvalue weighted by Crippen LogP contribution is -2.24. The van der Waals surface area contributed by atoms with Crippen molar-refractivity contribution >= 4 is 33.4 Å². The van der Waals surface area contributed by atoms with Gasteiger partial charge in [0.1, 0.15) is 0 Å². The third kappa shape index (κ3) is 3.91. The number of benzene rings is 2. The van der Waals surface area contributed by atoms with Crippen LogP contribution in [-0.4, -0.2) is 20.9 Å². The molecule has 0 spiro atoms. The zero-order chi connectivity index (χ0) is 18.0. The van der Waals surface area contributed by atoms with Crippen molar-refractivity contribution in [3.8, 4) is 5.69 Å². The van der Waals surface area contributed by atoms with Crippen molar-refractivity contribution in [3.63, 3.8) is 0 Å². The summed E-state index contributed by atoms with van der Waals surface area (Å²) < 4.78 is 2.58. The van der Waals surface area contributed by atoms with Crippen LogP contribution in [0.4, 0.5) is 0 Å². The van der Waals surface area contributed by atoms with Gasteiger partial charge in [0.15, 0.2) is 5.69 Å². The van der Waals surface area contributed by atoms with Gasteiger partial charge in [-0.2, -0.15) is 0 Å². The number of amides is 1. The SMILES string of the molecule is Cc1ccc(-n2nnc(C(=O)NCc3cccc(Br)c3)c2C)cc1Cl. The number of hydrogen-bond donors (Lipinski definition) is 1. The first-order valence-electron chi connectivity index (χ1n) is 7.67. The highest BCUT2D eigenvalue weighted by atomic mass is 79.9. The minimum absolute atomic E-state index is 0.262. The minimum Gasteiger partial charge on any atom is -0.347 e. The summed E-state index contributed by atoms with van der Waals surface area (Å²) >= 11 is 9.59. The fourth-order valence-corrected chi connectivity index (χ4v) is 3.03. The largest absolute Gasteiger partial charge is 0.347 e. The third-order valence-electron chi connectivity index (χ3n) is 3.85. The molecular formula is C18H16BrClN4O. The number of aryl methyl sites for hydroxylation is 1. The van der Waals surface area contributed by atoms with Gasteiger partial charge < -0.3 is 5.32 Å². The fourth-order valence-electron chi connectivity index (χ4n) is 2.41. The minimum atomic E-state index is -0.262. The fraction of sp³-hybridized carbons (Fsp3) is 0.167. The highest BCUT2D eigenvalue weighted by Gasteiger charge is 2.17. The number of aromatic nitrogens is 3. The molecule has 3 rings (SSSR count). The molecule has 0 atom stereocenters. The molecule has 0 aliphatic rings. The predicted octanol–water partition coefficient (Wildman–Crippen LogP) is 4.23. The van der Waals surface area contributed by atoms with Gasteiger partial charge in [-0.05, 0) is 49.2 Å². The van der Waals surface area contributed by atoms with Gasteiger partial charge >= 0.3 is 0 Å². The van der Waals surface area contributed by atoms with Gasteiger partial charge in [0.25, 0.3) is 5.91 Å². The van der Waals surface area contributed by atoms with Crippen LogP contribution < -0.4 is 5.32 Å². The predicted molar refractivity (Wildman–Crippen MR) is 101 cm³/mol. The number of hydrogen-bond acceptors (Lipinski definition) is 3. The zero-order valence-corrected chi connectivity index (χ0v) is 16.1. The summed E-state index contributed by atoms with van der Waals surface area (Å²) in [5, 5.41) is 11.6. The van der Waals surface area contributed by atoms with Gasteiger partial charge in [-0.1, -0.05) is 50.9 Å². The maximum Gasteiger partial charge on any atom is 0.274 e. The molecule has 0 aliphatic heterocycles. The van der Waals surface area contributed by atoms with Crippen molar-refractivity contribution in [2.75, 3.05) is 0 Å². The van der Waals surface area contributed by atoms with E-state index in [1.54, 1.807) is 4.68 Å². The highest BCUT2D eigenvalue weighted by Crippen LogP contribution is 2.20. The highest BCUT2D eigenvalue weighted by molar-refractivity contribution is 9.10. The van der Waals surface area contributed by atoms with Crippen LogP contribution in [0.1, 0.15) is 27.3 Å². The van der Waals surface area contributed by atoms with Crippen molar-refractivity contribution < 1.29 is 4.79 Å². The van der Waals surface area contributed by atoms with E-state index in [0.717, 1.165) is 21.3 Å². The van der Waals surface area contributed by atoms with Gasteiger partial charge in [0, 0.05) is 16.0 Å². The van der Waals surface area contributed by atoms with E-state index in [1.807, 2.05) is 56.3 Å². The van der Waals surface area contributed by atoms with E-state index in [0.29, 0.717) is 23.0 Å². The van der Waals surface area contributed by atoms with Crippen LogP contribution in [0.3, 0.4) is 0 Å². The molecule has 0 radical (unpaired) electrons. The number of nitrogens with one attached hydrogen (secondary N) is 1. The Morgan fingerprint density at radius 3 is 2.76 bits per heavy atom. The Bertz CT molecular complexity index is 939. The molecule has 128 valence electrons. The first kappa shape index (κ1) is 17.6. The Labute approximate surface area is 159 Å². The summed E-state index contributed by atoms with van der Waals surface area (Å²) in [6, 6.07) is 13.4. The first-order chi connectivity index (χ1) is 12.0. The van der Waals surface area contributed by atoms with Gasteiger partial charge in [0.2, 0.25) is 0 Å². The number of nitrogens with zero attached hydrogens (tertiary/aromatic N) is 3. The van der Waals surface area contributed by atoms with Crippen LogP contribution in [0.5, 0.6) is 0 Å². The molecule has 0 saturated carbocycles. The summed E-state index contributed by atoms with van der Waals surface area (Å²) in [5.41, 5.74) is 3.71. The molecule has 2 aromatic carbocycles. The Kier molecular flexibility index (Phi) is 5.20. The van der Waals surface area contributed by atoms with Crippen LogP contribution in [0.15, 0.2) is 46.9 Å². The zero-order valence-electron chi connectivity index (χ0n) is 13.8. The second-order valence-electron chi connectivity index (χ2n) is 5.68. The van der Waals surface area contributed by atoms with Crippen LogP contribution in [-0.2, 0) is 6.54 Å². The van der Waals surface area contributed by atoms with Crippen molar-refractivity contribution in [2.24, 2.45) is 0 Å². The molecule has 1 heterocycles. The van der Waals surface area contributed by atoms with E-state index in [-0.39, 0.29) is 5.91 Å². The van der Waals surface area contributed by atoms with Crippen LogP contribution >= 0.6 is 27.5 Å². The average molecular weight is 420 g/mol. The maximum absolute atomic E-state index is 12.4.